The summed E-state index contributed by atoms with van der Waals surface area (Å²) in [5, 5.41) is 9.83. The molecule has 0 saturated carbocycles. The summed E-state index contributed by atoms with van der Waals surface area (Å²) in [5.74, 6) is 2.30. The Kier molecular flexibility index (Phi) is 7.40. The number of aromatic nitrogens is 2. The summed E-state index contributed by atoms with van der Waals surface area (Å²) in [5.41, 5.74) is 0.706. The molecule has 1 aromatic rings. The quantitative estimate of drug-likeness (QED) is 0.506. The van der Waals surface area contributed by atoms with Gasteiger partial charge >= 0.3 is 0 Å². The smallest absolute Gasteiger partial charge is 0.238 e. The highest BCUT2D eigenvalue weighted by Gasteiger charge is 2.05. The molecule has 6 heteroatoms. The van der Waals surface area contributed by atoms with Crippen molar-refractivity contribution in [3.63, 3.8) is 0 Å². The summed E-state index contributed by atoms with van der Waals surface area (Å²) in [7, 11) is 0. The van der Waals surface area contributed by atoms with Crippen LogP contribution in [0.25, 0.3) is 0 Å². The van der Waals surface area contributed by atoms with E-state index in [0.717, 1.165) is 26.2 Å². The molecule has 0 bridgehead atoms. The van der Waals surface area contributed by atoms with Crippen LogP contribution in [-0.4, -0.2) is 53.3 Å². The lowest BCUT2D eigenvalue weighted by molar-refractivity contribution is -0.115. The average molecular weight is 277 g/mol. The lowest BCUT2D eigenvalue weighted by atomic mass is 10.4. The van der Waals surface area contributed by atoms with E-state index in [1.165, 1.54) is 0 Å². The van der Waals surface area contributed by atoms with Crippen molar-refractivity contribution in [1.82, 2.24) is 20.0 Å². The third-order valence-corrected chi connectivity index (χ3v) is 2.97. The second-order valence-corrected chi connectivity index (χ2v) is 4.37. The van der Waals surface area contributed by atoms with E-state index < -0.39 is 0 Å². The molecule has 1 aromatic heterocycles. The van der Waals surface area contributed by atoms with Crippen LogP contribution in [0.5, 0.6) is 0 Å². The Morgan fingerprint density at radius 1 is 1.50 bits per heavy atom. The second kappa shape index (κ2) is 9.13. The maximum absolute atomic E-state index is 11.6. The highest BCUT2D eigenvalue weighted by atomic mass is 16.1. The molecule has 6 nitrogen and oxygen atoms in total. The van der Waals surface area contributed by atoms with Gasteiger partial charge < -0.3 is 10.2 Å². The molecule has 0 aliphatic rings. The van der Waals surface area contributed by atoms with Gasteiger partial charge in [-0.25, -0.2) is 0 Å². The Bertz CT molecular complexity index is 445. The zero-order chi connectivity index (χ0) is 14.8. The highest BCUT2D eigenvalue weighted by Crippen LogP contribution is 2.04. The Morgan fingerprint density at radius 2 is 2.25 bits per heavy atom. The van der Waals surface area contributed by atoms with Crippen LogP contribution >= 0.6 is 0 Å². The molecule has 20 heavy (non-hydrogen) atoms. The van der Waals surface area contributed by atoms with Crippen LogP contribution in [0.15, 0.2) is 12.4 Å². The van der Waals surface area contributed by atoms with E-state index >= 15 is 0 Å². The largest absolute Gasteiger partial charge is 0.322 e. The van der Waals surface area contributed by atoms with Crippen molar-refractivity contribution >= 4 is 11.6 Å². The number of carbonyl (C=O) groups is 1. The second-order valence-electron chi connectivity index (χ2n) is 4.37. The minimum absolute atomic E-state index is 0.122. The predicted molar refractivity (Wildman–Crippen MR) is 80.3 cm³/mol. The first-order chi connectivity index (χ1) is 9.69. The molecule has 0 fully saturated rings. The fourth-order valence-electron chi connectivity index (χ4n) is 1.79. The molecule has 0 saturated heterocycles. The van der Waals surface area contributed by atoms with Crippen LogP contribution in [0.1, 0.15) is 13.8 Å². The number of rotatable bonds is 9. The van der Waals surface area contributed by atoms with E-state index in [4.69, 9.17) is 6.42 Å². The van der Waals surface area contributed by atoms with Crippen LogP contribution in [0.4, 0.5) is 5.69 Å². The lowest BCUT2D eigenvalue weighted by Crippen LogP contribution is -2.28. The average Bonchev–Trinajstić information content (AvgIpc) is 2.88. The van der Waals surface area contributed by atoms with E-state index in [9.17, 15) is 4.79 Å². The molecule has 1 rings (SSSR count). The van der Waals surface area contributed by atoms with Gasteiger partial charge in [0.25, 0.3) is 0 Å². The SMILES string of the molecule is C#CCNCC(=O)Nc1cnn(CCN(CC)CC)c1. The Balaban J connectivity index is 2.35. The van der Waals surface area contributed by atoms with Crippen LogP contribution in [0, 0.1) is 12.3 Å². The Hall–Kier alpha value is -1.84. The molecule has 0 aliphatic carbocycles. The van der Waals surface area contributed by atoms with Crippen molar-refractivity contribution < 1.29 is 4.79 Å². The maximum atomic E-state index is 11.6. The van der Waals surface area contributed by atoms with Gasteiger partial charge in [-0.3, -0.25) is 14.8 Å². The standard InChI is InChI=1S/C14H23N5O/c1-4-7-15-11-14(20)17-13-10-16-19(12-13)9-8-18(5-2)6-3/h1,10,12,15H,5-9,11H2,2-3H3,(H,17,20). The molecule has 0 unspecified atom stereocenters. The fourth-order valence-corrected chi connectivity index (χ4v) is 1.79. The van der Waals surface area contributed by atoms with E-state index in [1.807, 2.05) is 10.9 Å². The third kappa shape index (κ3) is 5.87. The van der Waals surface area contributed by atoms with Gasteiger partial charge in [-0.2, -0.15) is 5.10 Å². The van der Waals surface area contributed by atoms with Crippen LogP contribution in [0.3, 0.4) is 0 Å². The number of amides is 1. The number of hydrogen-bond donors (Lipinski definition) is 2. The molecule has 0 radical (unpaired) electrons. The van der Waals surface area contributed by atoms with Crippen molar-refractivity contribution in [3.8, 4) is 12.3 Å². The van der Waals surface area contributed by atoms with Crippen molar-refractivity contribution in [3.05, 3.63) is 12.4 Å². The first kappa shape index (κ1) is 16.2. The fraction of sp³-hybridized carbons (Fsp3) is 0.571. The van der Waals surface area contributed by atoms with Gasteiger partial charge in [0.1, 0.15) is 0 Å². The maximum Gasteiger partial charge on any atom is 0.238 e. The molecule has 1 heterocycles. The molecule has 0 aromatic carbocycles. The number of carbonyl (C=O) groups excluding carboxylic acids is 1. The number of likely N-dealkylation sites (N-methyl/N-ethyl adjacent to an activating group) is 1. The molecular weight excluding hydrogens is 254 g/mol. The van der Waals surface area contributed by atoms with Gasteiger partial charge in [-0.15, -0.1) is 6.42 Å². The third-order valence-electron chi connectivity index (χ3n) is 2.97. The van der Waals surface area contributed by atoms with Crippen LogP contribution < -0.4 is 10.6 Å². The van der Waals surface area contributed by atoms with E-state index in [1.54, 1.807) is 6.20 Å². The van der Waals surface area contributed by atoms with Gasteiger partial charge in [0, 0.05) is 12.7 Å². The molecule has 1 amide bonds. The van der Waals surface area contributed by atoms with Crippen molar-refractivity contribution in [2.75, 3.05) is 38.0 Å². The summed E-state index contributed by atoms with van der Waals surface area (Å²) >= 11 is 0. The van der Waals surface area contributed by atoms with E-state index in [-0.39, 0.29) is 12.5 Å². The molecule has 0 atom stereocenters. The topological polar surface area (TPSA) is 62.2 Å². The molecule has 2 N–H and O–H groups in total. The zero-order valence-electron chi connectivity index (χ0n) is 12.2. The minimum Gasteiger partial charge on any atom is -0.322 e. The summed E-state index contributed by atoms with van der Waals surface area (Å²) < 4.78 is 1.84. The predicted octanol–water partition coefficient (Wildman–Crippen LogP) is 0.386. The summed E-state index contributed by atoms with van der Waals surface area (Å²) in [6, 6.07) is 0. The summed E-state index contributed by atoms with van der Waals surface area (Å²) in [6.07, 6.45) is 8.58. The van der Waals surface area contributed by atoms with E-state index in [2.05, 4.69) is 40.4 Å². The van der Waals surface area contributed by atoms with Crippen molar-refractivity contribution in [2.45, 2.75) is 20.4 Å². The van der Waals surface area contributed by atoms with Gasteiger partial charge in [-0.1, -0.05) is 19.8 Å². The van der Waals surface area contributed by atoms with Gasteiger partial charge in [0.2, 0.25) is 5.91 Å². The van der Waals surface area contributed by atoms with Crippen molar-refractivity contribution in [1.29, 1.82) is 0 Å². The Morgan fingerprint density at radius 3 is 2.90 bits per heavy atom. The van der Waals surface area contributed by atoms with Gasteiger partial charge in [0.15, 0.2) is 0 Å². The highest BCUT2D eigenvalue weighted by molar-refractivity contribution is 5.91. The molecule has 0 spiro atoms. The number of terminal acetylenes is 1. The molecule has 0 aliphatic heterocycles. The van der Waals surface area contributed by atoms with Crippen LogP contribution in [-0.2, 0) is 11.3 Å². The van der Waals surface area contributed by atoms with Gasteiger partial charge in [-0.05, 0) is 13.1 Å². The first-order valence-corrected chi connectivity index (χ1v) is 6.88. The number of anilines is 1. The lowest BCUT2D eigenvalue weighted by Gasteiger charge is -2.17. The first-order valence-electron chi connectivity index (χ1n) is 6.88. The number of nitrogens with zero attached hydrogens (tertiary/aromatic N) is 3. The normalized spacial score (nSPS) is 10.5. The van der Waals surface area contributed by atoms with Crippen LogP contribution in [0.2, 0.25) is 0 Å². The van der Waals surface area contributed by atoms with Crippen molar-refractivity contribution in [2.24, 2.45) is 0 Å². The Labute approximate surface area is 120 Å². The van der Waals surface area contributed by atoms with E-state index in [0.29, 0.717) is 12.2 Å². The summed E-state index contributed by atoms with van der Waals surface area (Å²) in [4.78, 5) is 13.9. The summed E-state index contributed by atoms with van der Waals surface area (Å²) in [6.45, 7) is 8.69. The number of hydrogen-bond acceptors (Lipinski definition) is 4. The minimum atomic E-state index is -0.122. The zero-order valence-corrected chi connectivity index (χ0v) is 12.2. The monoisotopic (exact) mass is 277 g/mol. The molecule has 110 valence electrons. The van der Waals surface area contributed by atoms with Gasteiger partial charge in [0.05, 0.1) is 31.5 Å². The molecular formula is C14H23N5O. The number of nitrogens with one attached hydrogen (secondary N) is 2.